The first-order valence-electron chi connectivity index (χ1n) is 6.31. The van der Waals surface area contributed by atoms with Crippen molar-refractivity contribution in [2.45, 2.75) is 6.92 Å². The van der Waals surface area contributed by atoms with Crippen molar-refractivity contribution in [2.75, 3.05) is 11.9 Å². The van der Waals surface area contributed by atoms with Gasteiger partial charge in [-0.05, 0) is 24.6 Å². The average molecular weight is 348 g/mol. The van der Waals surface area contributed by atoms with Crippen molar-refractivity contribution in [3.63, 3.8) is 0 Å². The fourth-order valence-electron chi connectivity index (χ4n) is 1.72. The summed E-state index contributed by atoms with van der Waals surface area (Å²) < 4.78 is 57.3. The Morgan fingerprint density at radius 1 is 1.13 bits per heavy atom. The van der Waals surface area contributed by atoms with E-state index >= 15 is 0 Å². The molecular weight excluding hydrogens is 338 g/mol. The molecule has 1 amide bonds. The summed E-state index contributed by atoms with van der Waals surface area (Å²) in [6.07, 6.45) is 0. The lowest BCUT2D eigenvalue weighted by atomic mass is 10.2. The number of amides is 1. The molecule has 8 heteroatoms. The molecule has 122 valence electrons. The van der Waals surface area contributed by atoms with E-state index in [0.29, 0.717) is 0 Å². The summed E-state index contributed by atoms with van der Waals surface area (Å²) in [5.41, 5.74) is 1.13. The average Bonchev–Trinajstić information content (AvgIpc) is 2.48. The van der Waals surface area contributed by atoms with Crippen LogP contribution in [0.4, 0.5) is 23.2 Å². The Bertz CT molecular complexity index is 741. The van der Waals surface area contributed by atoms with E-state index in [9.17, 15) is 22.4 Å². The van der Waals surface area contributed by atoms with E-state index < -0.39 is 41.5 Å². The van der Waals surface area contributed by atoms with Gasteiger partial charge in [0.1, 0.15) is 0 Å². The van der Waals surface area contributed by atoms with Crippen LogP contribution in [-0.4, -0.2) is 12.5 Å². The van der Waals surface area contributed by atoms with Gasteiger partial charge in [-0.2, -0.15) is 8.78 Å². The summed E-state index contributed by atoms with van der Waals surface area (Å²) in [5.74, 6) is -8.79. The van der Waals surface area contributed by atoms with Crippen LogP contribution in [0.3, 0.4) is 0 Å². The maximum atomic E-state index is 13.4. The van der Waals surface area contributed by atoms with Crippen LogP contribution < -0.4 is 10.1 Å². The standard InChI is InChI=1S/C15H10ClF4NO2/c1-7-2-3-11(8(16)4-7)21-12(22)6-23-15-13(19)9(17)5-10(18)14(15)20/h2-5H,6H2,1H3,(H,21,22). The highest BCUT2D eigenvalue weighted by Crippen LogP contribution is 2.27. The van der Waals surface area contributed by atoms with Crippen LogP contribution in [0.15, 0.2) is 24.3 Å². The number of carbonyl (C=O) groups excluding carboxylic acids is 1. The van der Waals surface area contributed by atoms with Crippen molar-refractivity contribution < 1.29 is 27.1 Å². The number of aryl methyl sites for hydroxylation is 1. The molecule has 2 aromatic carbocycles. The van der Waals surface area contributed by atoms with Crippen molar-refractivity contribution in [3.05, 3.63) is 58.1 Å². The molecule has 0 heterocycles. The molecule has 0 aliphatic heterocycles. The van der Waals surface area contributed by atoms with Crippen LogP contribution in [0, 0.1) is 30.2 Å². The van der Waals surface area contributed by atoms with Gasteiger partial charge in [-0.3, -0.25) is 4.79 Å². The third kappa shape index (κ3) is 3.92. The first kappa shape index (κ1) is 17.1. The summed E-state index contributed by atoms with van der Waals surface area (Å²) >= 11 is 5.91. The zero-order chi connectivity index (χ0) is 17.1. The van der Waals surface area contributed by atoms with Crippen molar-refractivity contribution in [3.8, 4) is 5.75 Å². The third-order valence-corrected chi connectivity index (χ3v) is 3.13. The second-order valence-electron chi connectivity index (χ2n) is 4.62. The number of ether oxygens (including phenoxy) is 1. The van der Waals surface area contributed by atoms with E-state index in [0.717, 1.165) is 5.56 Å². The molecule has 0 bridgehead atoms. The Morgan fingerprint density at radius 2 is 1.74 bits per heavy atom. The van der Waals surface area contributed by atoms with E-state index in [1.54, 1.807) is 19.1 Å². The number of nitrogens with one attached hydrogen (secondary N) is 1. The summed E-state index contributed by atoms with van der Waals surface area (Å²) in [5, 5.41) is 2.60. The van der Waals surface area contributed by atoms with Crippen molar-refractivity contribution in [1.29, 1.82) is 0 Å². The zero-order valence-electron chi connectivity index (χ0n) is 11.7. The zero-order valence-corrected chi connectivity index (χ0v) is 12.5. The molecule has 1 N–H and O–H groups in total. The highest BCUT2D eigenvalue weighted by molar-refractivity contribution is 6.33. The Hall–Kier alpha value is -2.28. The number of hydrogen-bond donors (Lipinski definition) is 1. The second kappa shape index (κ2) is 6.87. The number of rotatable bonds is 4. The van der Waals surface area contributed by atoms with Gasteiger partial charge in [0, 0.05) is 6.07 Å². The molecule has 0 unspecified atom stereocenters. The normalized spacial score (nSPS) is 10.5. The van der Waals surface area contributed by atoms with Crippen LogP contribution in [0.5, 0.6) is 5.75 Å². The lowest BCUT2D eigenvalue weighted by molar-refractivity contribution is -0.118. The topological polar surface area (TPSA) is 38.3 Å². The Kier molecular flexibility index (Phi) is 5.10. The quantitative estimate of drug-likeness (QED) is 0.664. The predicted molar refractivity (Wildman–Crippen MR) is 76.6 cm³/mol. The maximum absolute atomic E-state index is 13.4. The summed E-state index contributed by atoms with van der Waals surface area (Å²) in [7, 11) is 0. The maximum Gasteiger partial charge on any atom is 0.262 e. The Balaban J connectivity index is 2.08. The van der Waals surface area contributed by atoms with E-state index in [1.165, 1.54) is 6.07 Å². The molecule has 0 aliphatic carbocycles. The van der Waals surface area contributed by atoms with Gasteiger partial charge in [0.25, 0.3) is 5.91 Å². The van der Waals surface area contributed by atoms with Crippen LogP contribution >= 0.6 is 11.6 Å². The van der Waals surface area contributed by atoms with E-state index in [2.05, 4.69) is 10.1 Å². The predicted octanol–water partition coefficient (Wildman–Crippen LogP) is 4.22. The Morgan fingerprint density at radius 3 is 2.30 bits per heavy atom. The second-order valence-corrected chi connectivity index (χ2v) is 5.02. The third-order valence-electron chi connectivity index (χ3n) is 2.82. The van der Waals surface area contributed by atoms with Gasteiger partial charge in [0.15, 0.2) is 24.0 Å². The molecule has 0 saturated heterocycles. The van der Waals surface area contributed by atoms with Crippen LogP contribution in [-0.2, 0) is 4.79 Å². The SMILES string of the molecule is Cc1ccc(NC(=O)COc2c(F)c(F)cc(F)c2F)c(Cl)c1. The molecule has 0 aromatic heterocycles. The number of halogens is 5. The van der Waals surface area contributed by atoms with Crippen molar-refractivity contribution >= 4 is 23.2 Å². The molecule has 23 heavy (non-hydrogen) atoms. The molecule has 0 saturated carbocycles. The number of anilines is 1. The number of carbonyl (C=O) groups is 1. The molecule has 0 radical (unpaired) electrons. The minimum atomic E-state index is -1.72. The molecule has 0 fully saturated rings. The first-order chi connectivity index (χ1) is 10.8. The van der Waals surface area contributed by atoms with Gasteiger partial charge in [-0.1, -0.05) is 17.7 Å². The molecule has 0 atom stereocenters. The molecule has 0 spiro atoms. The van der Waals surface area contributed by atoms with Gasteiger partial charge in [-0.15, -0.1) is 0 Å². The van der Waals surface area contributed by atoms with E-state index in [4.69, 9.17) is 11.6 Å². The monoisotopic (exact) mass is 347 g/mol. The van der Waals surface area contributed by atoms with E-state index in [-0.39, 0.29) is 16.8 Å². The van der Waals surface area contributed by atoms with Crippen molar-refractivity contribution in [1.82, 2.24) is 0 Å². The van der Waals surface area contributed by atoms with Crippen LogP contribution in [0.1, 0.15) is 5.56 Å². The van der Waals surface area contributed by atoms with Crippen molar-refractivity contribution in [2.24, 2.45) is 0 Å². The summed E-state index contributed by atoms with van der Waals surface area (Å²) in [4.78, 5) is 11.7. The molecule has 2 aromatic rings. The van der Waals surface area contributed by atoms with Gasteiger partial charge in [0.05, 0.1) is 10.7 Å². The van der Waals surface area contributed by atoms with Gasteiger partial charge < -0.3 is 10.1 Å². The Labute approximate surface area is 133 Å². The first-order valence-corrected chi connectivity index (χ1v) is 6.69. The van der Waals surface area contributed by atoms with Crippen LogP contribution in [0.25, 0.3) is 0 Å². The lowest BCUT2D eigenvalue weighted by Gasteiger charge is -2.11. The molecular formula is C15H10ClF4NO2. The number of hydrogen-bond acceptors (Lipinski definition) is 2. The lowest BCUT2D eigenvalue weighted by Crippen LogP contribution is -2.21. The largest absolute Gasteiger partial charge is 0.477 e. The van der Waals surface area contributed by atoms with Gasteiger partial charge in [0.2, 0.25) is 11.6 Å². The summed E-state index contributed by atoms with van der Waals surface area (Å²) in [6, 6.07) is 4.85. The molecule has 3 nitrogen and oxygen atoms in total. The highest BCUT2D eigenvalue weighted by atomic mass is 35.5. The van der Waals surface area contributed by atoms with Crippen LogP contribution in [0.2, 0.25) is 5.02 Å². The van der Waals surface area contributed by atoms with Gasteiger partial charge in [-0.25, -0.2) is 8.78 Å². The fraction of sp³-hybridized carbons (Fsp3) is 0.133. The fourth-order valence-corrected chi connectivity index (χ4v) is 2.01. The summed E-state index contributed by atoms with van der Waals surface area (Å²) in [6.45, 7) is 0.936. The van der Waals surface area contributed by atoms with E-state index in [1.807, 2.05) is 0 Å². The highest BCUT2D eigenvalue weighted by Gasteiger charge is 2.21. The smallest absolute Gasteiger partial charge is 0.262 e. The minimum Gasteiger partial charge on any atom is -0.477 e. The van der Waals surface area contributed by atoms with Gasteiger partial charge >= 0.3 is 0 Å². The number of benzene rings is 2. The minimum absolute atomic E-state index is 0.0453. The molecule has 2 rings (SSSR count). The molecule has 0 aliphatic rings.